The number of nitrogens with zero attached hydrogens (tertiary/aromatic N) is 1. The van der Waals surface area contributed by atoms with E-state index in [1.54, 1.807) is 66.0 Å². The van der Waals surface area contributed by atoms with Crippen LogP contribution in [0.5, 0.6) is 0 Å². The minimum absolute atomic E-state index is 0.161. The van der Waals surface area contributed by atoms with Crippen LogP contribution in [-0.4, -0.2) is 41.9 Å². The van der Waals surface area contributed by atoms with E-state index < -0.39 is 39.4 Å². The van der Waals surface area contributed by atoms with E-state index in [1.165, 1.54) is 0 Å². The minimum atomic E-state index is -5.92. The molecule has 1 rings (SSSR count). The Morgan fingerprint density at radius 1 is 1.03 bits per heavy atom. The van der Waals surface area contributed by atoms with Crippen LogP contribution in [0.25, 0.3) is 0 Å². The SMILES string of the molecule is CSC(=Nc1c(Cl)cccc1Cl)P(OS(=O)(=O)C(F)(F)F)(C(C)C)(C(C)C)C(C)C. The van der Waals surface area contributed by atoms with Gasteiger partial charge >= 0.3 is 191 Å². The van der Waals surface area contributed by atoms with Gasteiger partial charge in [-0.25, -0.2) is 0 Å². The third-order valence-electron chi connectivity index (χ3n) is 5.48. The molecule has 0 atom stereocenters. The van der Waals surface area contributed by atoms with Crippen molar-refractivity contribution >= 4 is 62.4 Å². The molecule has 1 aromatic rings. The predicted octanol–water partition coefficient (Wildman–Crippen LogP) is 7.90. The summed E-state index contributed by atoms with van der Waals surface area (Å²) in [4.78, 5) is 4.74. The summed E-state index contributed by atoms with van der Waals surface area (Å²) < 4.78 is 70.5. The van der Waals surface area contributed by atoms with Crippen LogP contribution in [-0.2, 0) is 14.1 Å². The summed E-state index contributed by atoms with van der Waals surface area (Å²) in [5, 5.41) is 0.390. The summed E-state index contributed by atoms with van der Waals surface area (Å²) in [5.41, 5.74) is -7.20. The van der Waals surface area contributed by atoms with Gasteiger partial charge in [-0.15, -0.1) is 0 Å². The molecule has 1 aromatic carbocycles. The van der Waals surface area contributed by atoms with Crippen LogP contribution in [0.15, 0.2) is 23.2 Å². The molecular formula is C18H27Cl2F3NO3PS2. The van der Waals surface area contributed by atoms with Crippen LogP contribution in [0, 0.1) is 0 Å². The Morgan fingerprint density at radius 2 is 1.43 bits per heavy atom. The molecule has 0 saturated heterocycles. The fourth-order valence-corrected chi connectivity index (χ4v) is 18.1. The molecule has 0 aliphatic rings. The van der Waals surface area contributed by atoms with Crippen LogP contribution in [0.4, 0.5) is 18.9 Å². The number of thioether (sulfide) groups is 1. The normalized spacial score (nSPS) is 15.7. The van der Waals surface area contributed by atoms with Crippen LogP contribution < -0.4 is 0 Å². The zero-order valence-electron chi connectivity index (χ0n) is 17.8. The third-order valence-corrected chi connectivity index (χ3v) is 18.3. The number of alkyl halides is 3. The summed E-state index contributed by atoms with van der Waals surface area (Å²) in [5.74, 6) is 0. The predicted molar refractivity (Wildman–Crippen MR) is 125 cm³/mol. The number of aliphatic imine (C=N–C) groups is 1. The van der Waals surface area contributed by atoms with Crippen LogP contribution in [0.3, 0.4) is 0 Å². The molecule has 0 N–H and O–H groups in total. The number of para-hydroxylation sites is 1. The molecule has 0 bridgehead atoms. The van der Waals surface area contributed by atoms with E-state index in [9.17, 15) is 21.6 Å². The molecule has 0 spiro atoms. The van der Waals surface area contributed by atoms with E-state index >= 15 is 0 Å². The summed E-state index contributed by atoms with van der Waals surface area (Å²) in [6, 6.07) is 4.71. The molecule has 0 aromatic heterocycles. The molecule has 0 fully saturated rings. The average molecular weight is 528 g/mol. The van der Waals surface area contributed by atoms with E-state index in [4.69, 9.17) is 27.2 Å². The first kappa shape index (κ1) is 28.0. The second kappa shape index (κ2) is 9.44. The summed E-state index contributed by atoms with van der Waals surface area (Å²) in [6.45, 7) is 5.61. The van der Waals surface area contributed by atoms with Crippen molar-refractivity contribution in [2.24, 2.45) is 4.99 Å². The maximum atomic E-state index is 13.5. The molecule has 30 heavy (non-hydrogen) atoms. The van der Waals surface area contributed by atoms with Gasteiger partial charge in [0.25, 0.3) is 0 Å². The third kappa shape index (κ3) is 4.40. The second-order valence-corrected chi connectivity index (χ2v) is 17.6. The topological polar surface area (TPSA) is 55.7 Å². The molecule has 0 heterocycles. The first-order chi connectivity index (χ1) is 13.5. The Kier molecular flexibility index (Phi) is 8.80. The zero-order valence-corrected chi connectivity index (χ0v) is 21.8. The molecule has 0 amide bonds. The van der Waals surface area contributed by atoms with Gasteiger partial charge in [-0.1, -0.05) is 0 Å². The van der Waals surface area contributed by atoms with Crippen molar-refractivity contribution in [3.05, 3.63) is 28.2 Å². The fraction of sp³-hybridized carbons (Fsp3) is 0.611. The van der Waals surface area contributed by atoms with Gasteiger partial charge in [-0.3, -0.25) is 0 Å². The molecule has 0 unspecified atom stereocenters. The van der Waals surface area contributed by atoms with E-state index in [2.05, 4.69) is 4.99 Å². The van der Waals surface area contributed by atoms with Crippen molar-refractivity contribution in [3.8, 4) is 0 Å². The Morgan fingerprint density at radius 3 is 1.73 bits per heavy atom. The Hall–Kier alpha value is -0.0500. The molecule has 4 nitrogen and oxygen atoms in total. The van der Waals surface area contributed by atoms with Crippen LogP contribution >= 0.6 is 41.8 Å². The van der Waals surface area contributed by atoms with Gasteiger partial charge in [0.05, 0.1) is 0 Å². The number of rotatable bonds is 7. The van der Waals surface area contributed by atoms with Crippen molar-refractivity contribution in [3.63, 3.8) is 0 Å². The van der Waals surface area contributed by atoms with E-state index in [0.717, 1.165) is 11.8 Å². The zero-order chi connectivity index (χ0) is 23.7. The first-order valence-corrected chi connectivity index (χ1v) is 14.8. The summed E-state index contributed by atoms with van der Waals surface area (Å²) >= 11 is 13.5. The first-order valence-electron chi connectivity index (χ1n) is 9.10. The quantitative estimate of drug-likeness (QED) is 0.156. The molecule has 0 saturated carbocycles. The number of halogens is 5. The Balaban J connectivity index is 4.18. The average Bonchev–Trinajstić information content (AvgIpc) is 2.58. The van der Waals surface area contributed by atoms with Gasteiger partial charge in [0.15, 0.2) is 0 Å². The van der Waals surface area contributed by atoms with E-state index in [0.29, 0.717) is 0 Å². The standard InChI is InChI=1S/C18H27Cl2F3NO3PS2/c1-11(2)28(12(3)4,13(5)6,27-30(25,26)18(21,22)23)17(29-7)24-16-14(19)9-8-10-15(16)20/h8-13H,1-7H3. The van der Waals surface area contributed by atoms with Crippen LogP contribution in [0.1, 0.15) is 41.5 Å². The molecule has 12 heteroatoms. The molecular weight excluding hydrogens is 501 g/mol. The number of hydrogen-bond acceptors (Lipinski definition) is 5. The van der Waals surface area contributed by atoms with Gasteiger partial charge < -0.3 is 0 Å². The van der Waals surface area contributed by atoms with E-state index in [-0.39, 0.29) is 20.5 Å². The second-order valence-electron chi connectivity index (χ2n) is 7.67. The monoisotopic (exact) mass is 527 g/mol. The Labute approximate surface area is 191 Å². The van der Waals surface area contributed by atoms with Crippen molar-refractivity contribution in [2.75, 3.05) is 6.26 Å². The number of benzene rings is 1. The van der Waals surface area contributed by atoms with Gasteiger partial charge in [0, 0.05) is 0 Å². The molecule has 0 aliphatic heterocycles. The molecule has 174 valence electrons. The molecule has 0 aliphatic carbocycles. The Bertz CT molecular complexity index is 875. The van der Waals surface area contributed by atoms with Crippen LogP contribution in [0.2, 0.25) is 10.0 Å². The van der Waals surface area contributed by atoms with E-state index in [1.807, 2.05) is 0 Å². The van der Waals surface area contributed by atoms with Crippen molar-refractivity contribution < 1.29 is 25.6 Å². The van der Waals surface area contributed by atoms with Gasteiger partial charge in [0.2, 0.25) is 0 Å². The summed E-state index contributed by atoms with van der Waals surface area (Å²) in [6.07, 6.45) is 1.63. The van der Waals surface area contributed by atoms with Gasteiger partial charge in [-0.2, -0.15) is 0 Å². The van der Waals surface area contributed by atoms with Crippen molar-refractivity contribution in [1.29, 1.82) is 0 Å². The summed E-state index contributed by atoms with van der Waals surface area (Å²) in [7, 11) is -5.92. The number of hydrogen-bond donors (Lipinski definition) is 0. The maximum absolute atomic E-state index is 13.5. The van der Waals surface area contributed by atoms with Crippen molar-refractivity contribution in [1.82, 2.24) is 0 Å². The fourth-order valence-electron chi connectivity index (χ4n) is 4.04. The van der Waals surface area contributed by atoms with Gasteiger partial charge in [0.1, 0.15) is 0 Å². The van der Waals surface area contributed by atoms with Gasteiger partial charge in [-0.05, 0) is 0 Å². The van der Waals surface area contributed by atoms with Crippen molar-refractivity contribution in [2.45, 2.75) is 64.0 Å². The molecule has 0 radical (unpaired) electrons.